The van der Waals surface area contributed by atoms with E-state index in [4.69, 9.17) is 4.74 Å². The highest BCUT2D eigenvalue weighted by molar-refractivity contribution is 5.97. The maximum Gasteiger partial charge on any atom is 0.268 e. The normalized spacial score (nSPS) is 33.1. The van der Waals surface area contributed by atoms with Crippen LogP contribution < -0.4 is 0 Å². The molecule has 0 saturated heterocycles. The number of benzene rings is 1. The predicted octanol–water partition coefficient (Wildman–Crippen LogP) is 1.01. The van der Waals surface area contributed by atoms with Crippen LogP contribution in [0.25, 0.3) is 0 Å². The van der Waals surface area contributed by atoms with Crippen molar-refractivity contribution < 1.29 is 19.7 Å². The molecule has 0 aromatic heterocycles. The SMILES string of the molecule is CC(=O)C1=C(C)O[C@]2(O)c3ccccc3C[C@@]12O. The van der Waals surface area contributed by atoms with Gasteiger partial charge in [0.2, 0.25) is 0 Å². The molecule has 0 unspecified atom stereocenters. The van der Waals surface area contributed by atoms with Gasteiger partial charge in [0.1, 0.15) is 5.76 Å². The summed E-state index contributed by atoms with van der Waals surface area (Å²) >= 11 is 0. The maximum atomic E-state index is 11.7. The number of ketones is 1. The highest BCUT2D eigenvalue weighted by Crippen LogP contribution is 2.54. The standard InChI is InChI=1S/C14H14O4/c1-8(15)12-9(2)18-14(17)11-6-4-3-5-10(11)7-13(12,14)16/h3-6,16-17H,7H2,1-2H3/t13-,14-/m1/s1. The quantitative estimate of drug-likeness (QED) is 0.776. The first-order valence-electron chi connectivity index (χ1n) is 5.84. The molecule has 4 heteroatoms. The molecule has 1 heterocycles. The minimum atomic E-state index is -1.84. The fourth-order valence-corrected chi connectivity index (χ4v) is 3.12. The Labute approximate surface area is 105 Å². The highest BCUT2D eigenvalue weighted by Gasteiger charge is 2.66. The topological polar surface area (TPSA) is 66.8 Å². The first kappa shape index (κ1) is 11.4. The van der Waals surface area contributed by atoms with E-state index in [9.17, 15) is 15.0 Å². The Balaban J connectivity index is 2.23. The second-order valence-electron chi connectivity index (χ2n) is 4.93. The Morgan fingerprint density at radius 3 is 2.67 bits per heavy atom. The van der Waals surface area contributed by atoms with Crippen LogP contribution in [-0.2, 0) is 21.7 Å². The number of rotatable bonds is 1. The molecular weight excluding hydrogens is 232 g/mol. The summed E-state index contributed by atoms with van der Waals surface area (Å²) < 4.78 is 5.44. The van der Waals surface area contributed by atoms with Crippen LogP contribution in [0.2, 0.25) is 0 Å². The van der Waals surface area contributed by atoms with Gasteiger partial charge in [0.25, 0.3) is 5.79 Å². The monoisotopic (exact) mass is 246 g/mol. The molecule has 18 heavy (non-hydrogen) atoms. The average Bonchev–Trinajstić information content (AvgIpc) is 2.59. The lowest BCUT2D eigenvalue weighted by molar-refractivity contribution is -0.249. The number of carbonyl (C=O) groups excluding carboxylic acids is 1. The Morgan fingerprint density at radius 2 is 2.00 bits per heavy atom. The molecule has 0 fully saturated rings. The van der Waals surface area contributed by atoms with Crippen LogP contribution in [0, 0.1) is 0 Å². The number of aliphatic hydroxyl groups is 2. The summed E-state index contributed by atoms with van der Waals surface area (Å²) in [6.45, 7) is 2.96. The van der Waals surface area contributed by atoms with E-state index in [1.165, 1.54) is 6.92 Å². The summed E-state index contributed by atoms with van der Waals surface area (Å²) in [7, 11) is 0. The van der Waals surface area contributed by atoms with Crippen molar-refractivity contribution >= 4 is 5.78 Å². The molecule has 0 radical (unpaired) electrons. The molecule has 1 aliphatic heterocycles. The van der Waals surface area contributed by atoms with Crippen LogP contribution in [-0.4, -0.2) is 21.6 Å². The van der Waals surface area contributed by atoms with Crippen molar-refractivity contribution in [3.8, 4) is 0 Å². The lowest BCUT2D eigenvalue weighted by Crippen LogP contribution is -2.48. The molecule has 0 saturated carbocycles. The van der Waals surface area contributed by atoms with Gasteiger partial charge in [-0.15, -0.1) is 0 Å². The zero-order valence-electron chi connectivity index (χ0n) is 10.2. The lowest BCUT2D eigenvalue weighted by Gasteiger charge is -2.31. The Bertz CT molecular complexity index is 589. The van der Waals surface area contributed by atoms with Crippen LogP contribution >= 0.6 is 0 Å². The zero-order valence-corrected chi connectivity index (χ0v) is 10.2. The molecular formula is C14H14O4. The van der Waals surface area contributed by atoms with Gasteiger partial charge >= 0.3 is 0 Å². The summed E-state index contributed by atoms with van der Waals surface area (Å²) in [6, 6.07) is 7.13. The van der Waals surface area contributed by atoms with Gasteiger partial charge in [0, 0.05) is 12.0 Å². The van der Waals surface area contributed by atoms with E-state index in [1.54, 1.807) is 19.1 Å². The van der Waals surface area contributed by atoms with Crippen molar-refractivity contribution in [1.29, 1.82) is 0 Å². The van der Waals surface area contributed by atoms with Gasteiger partial charge in [0.05, 0.1) is 5.57 Å². The van der Waals surface area contributed by atoms with Gasteiger partial charge in [-0.1, -0.05) is 24.3 Å². The zero-order chi connectivity index (χ0) is 13.1. The summed E-state index contributed by atoms with van der Waals surface area (Å²) in [5.74, 6) is -1.82. The molecule has 94 valence electrons. The number of ether oxygens (including phenoxy) is 1. The van der Waals surface area contributed by atoms with E-state index in [0.717, 1.165) is 5.56 Å². The molecule has 0 amide bonds. The minimum absolute atomic E-state index is 0.168. The second kappa shape index (κ2) is 3.22. The van der Waals surface area contributed by atoms with Crippen LogP contribution in [0.1, 0.15) is 25.0 Å². The van der Waals surface area contributed by atoms with Crippen molar-refractivity contribution in [2.45, 2.75) is 31.7 Å². The largest absolute Gasteiger partial charge is 0.459 e. The maximum absolute atomic E-state index is 11.7. The minimum Gasteiger partial charge on any atom is -0.459 e. The smallest absolute Gasteiger partial charge is 0.268 e. The third-order valence-corrected chi connectivity index (χ3v) is 3.81. The van der Waals surface area contributed by atoms with E-state index in [-0.39, 0.29) is 17.8 Å². The van der Waals surface area contributed by atoms with Crippen LogP contribution in [0.15, 0.2) is 35.6 Å². The number of carbonyl (C=O) groups is 1. The van der Waals surface area contributed by atoms with E-state index >= 15 is 0 Å². The summed E-state index contributed by atoms with van der Waals surface area (Å²) in [4.78, 5) is 11.7. The molecule has 2 N–H and O–H groups in total. The number of allylic oxidation sites excluding steroid dienone is 1. The van der Waals surface area contributed by atoms with Crippen molar-refractivity contribution in [2.75, 3.05) is 0 Å². The number of hydrogen-bond donors (Lipinski definition) is 2. The molecule has 0 spiro atoms. The van der Waals surface area contributed by atoms with Crippen LogP contribution in [0.4, 0.5) is 0 Å². The van der Waals surface area contributed by atoms with E-state index < -0.39 is 11.4 Å². The second-order valence-corrected chi connectivity index (χ2v) is 4.93. The number of Topliss-reactive ketones (excluding diaryl/α,β-unsaturated/α-hetero) is 1. The molecule has 3 rings (SSSR count). The molecule has 2 aliphatic rings. The van der Waals surface area contributed by atoms with Crippen molar-refractivity contribution in [1.82, 2.24) is 0 Å². The van der Waals surface area contributed by atoms with Gasteiger partial charge in [-0.3, -0.25) is 4.79 Å². The van der Waals surface area contributed by atoms with Gasteiger partial charge in [0.15, 0.2) is 11.4 Å². The van der Waals surface area contributed by atoms with Gasteiger partial charge < -0.3 is 14.9 Å². The molecule has 1 aromatic rings. The van der Waals surface area contributed by atoms with Gasteiger partial charge in [-0.2, -0.15) is 0 Å². The molecule has 1 aliphatic carbocycles. The van der Waals surface area contributed by atoms with Crippen LogP contribution in [0.3, 0.4) is 0 Å². The lowest BCUT2D eigenvalue weighted by atomic mass is 9.85. The summed E-state index contributed by atoms with van der Waals surface area (Å²) in [5, 5.41) is 21.4. The fraction of sp³-hybridized carbons (Fsp3) is 0.357. The fourth-order valence-electron chi connectivity index (χ4n) is 3.12. The Hall–Kier alpha value is -1.65. The molecule has 1 aromatic carbocycles. The van der Waals surface area contributed by atoms with E-state index in [1.807, 2.05) is 12.1 Å². The Morgan fingerprint density at radius 1 is 1.33 bits per heavy atom. The van der Waals surface area contributed by atoms with Gasteiger partial charge in [-0.05, 0) is 19.4 Å². The van der Waals surface area contributed by atoms with Gasteiger partial charge in [-0.25, -0.2) is 0 Å². The summed E-state index contributed by atoms with van der Waals surface area (Å²) in [6.07, 6.45) is 0.186. The van der Waals surface area contributed by atoms with E-state index in [2.05, 4.69) is 0 Å². The predicted molar refractivity (Wildman–Crippen MR) is 63.5 cm³/mol. The molecule has 2 atom stereocenters. The van der Waals surface area contributed by atoms with Crippen molar-refractivity contribution in [3.05, 3.63) is 46.7 Å². The van der Waals surface area contributed by atoms with Crippen molar-refractivity contribution in [3.63, 3.8) is 0 Å². The molecule has 0 bridgehead atoms. The number of fused-ring (bicyclic) bond motifs is 3. The first-order chi connectivity index (χ1) is 8.40. The van der Waals surface area contributed by atoms with Crippen LogP contribution in [0.5, 0.6) is 0 Å². The number of hydrogen-bond acceptors (Lipinski definition) is 4. The van der Waals surface area contributed by atoms with E-state index in [0.29, 0.717) is 11.3 Å². The summed E-state index contributed by atoms with van der Waals surface area (Å²) in [5.41, 5.74) is -0.176. The van der Waals surface area contributed by atoms with Crippen molar-refractivity contribution in [2.24, 2.45) is 0 Å². The highest BCUT2D eigenvalue weighted by atomic mass is 16.7. The average molecular weight is 246 g/mol. The third-order valence-electron chi connectivity index (χ3n) is 3.81. The third kappa shape index (κ3) is 1.09. The Kier molecular flexibility index (Phi) is 2.04. The first-order valence-corrected chi connectivity index (χ1v) is 5.84. The molecule has 4 nitrogen and oxygen atoms in total.